The number of aryl methyl sites for hydroxylation is 1. The van der Waals surface area contributed by atoms with E-state index in [-0.39, 0.29) is 5.91 Å². The smallest absolute Gasteiger partial charge is 0.224 e. The van der Waals surface area contributed by atoms with Gasteiger partial charge in [0, 0.05) is 42.3 Å². The number of nitrogens with zero attached hydrogens (tertiary/aromatic N) is 2. The molecule has 1 fully saturated rings. The Morgan fingerprint density at radius 3 is 2.97 bits per heavy atom. The van der Waals surface area contributed by atoms with Crippen molar-refractivity contribution in [2.75, 3.05) is 36.5 Å². The summed E-state index contributed by atoms with van der Waals surface area (Å²) < 4.78 is 6.51. The monoisotopic (exact) mass is 420 g/mol. The van der Waals surface area contributed by atoms with Gasteiger partial charge in [0.05, 0.1) is 23.4 Å². The molecule has 1 amide bonds. The molecule has 0 atom stereocenters. The quantitative estimate of drug-likeness (QED) is 0.479. The largest absolute Gasteiger partial charge is 0.378 e. The highest BCUT2D eigenvalue weighted by atomic mass is 32.1. The molecule has 3 heterocycles. The highest BCUT2D eigenvalue weighted by molar-refractivity contribution is 7.22. The molecule has 4 aromatic rings. The number of aromatic amines is 1. The van der Waals surface area contributed by atoms with Crippen molar-refractivity contribution >= 4 is 49.2 Å². The first-order valence-corrected chi connectivity index (χ1v) is 11.2. The second kappa shape index (κ2) is 8.45. The first kappa shape index (κ1) is 19.1. The van der Waals surface area contributed by atoms with E-state index in [2.05, 4.69) is 27.3 Å². The number of amides is 1. The lowest BCUT2D eigenvalue weighted by Crippen LogP contribution is -2.36. The Balaban J connectivity index is 1.19. The van der Waals surface area contributed by atoms with Crippen molar-refractivity contribution in [2.45, 2.75) is 19.3 Å². The van der Waals surface area contributed by atoms with E-state index >= 15 is 0 Å². The third-order valence-electron chi connectivity index (χ3n) is 5.47. The molecule has 2 aromatic carbocycles. The fourth-order valence-electron chi connectivity index (χ4n) is 3.88. The minimum Gasteiger partial charge on any atom is -0.378 e. The van der Waals surface area contributed by atoms with E-state index in [9.17, 15) is 4.79 Å². The molecule has 6 nitrogen and oxygen atoms in total. The molecule has 5 rings (SSSR count). The van der Waals surface area contributed by atoms with Crippen LogP contribution in [0.15, 0.2) is 48.7 Å². The zero-order valence-electron chi connectivity index (χ0n) is 16.7. The van der Waals surface area contributed by atoms with Gasteiger partial charge in [-0.2, -0.15) is 0 Å². The lowest BCUT2D eigenvalue weighted by atomic mass is 10.1. The second-order valence-corrected chi connectivity index (χ2v) is 8.55. The number of para-hydroxylation sites is 1. The Labute approximate surface area is 178 Å². The number of rotatable bonds is 6. The number of hydrogen-bond acceptors (Lipinski definition) is 5. The molecule has 154 valence electrons. The van der Waals surface area contributed by atoms with Gasteiger partial charge in [0.25, 0.3) is 0 Å². The lowest BCUT2D eigenvalue weighted by Gasteiger charge is -2.25. The maximum atomic E-state index is 12.4. The molecule has 0 aliphatic carbocycles. The number of thiazole rings is 1. The molecule has 1 aliphatic rings. The van der Waals surface area contributed by atoms with Crippen molar-refractivity contribution < 1.29 is 9.53 Å². The zero-order chi connectivity index (χ0) is 20.3. The standard InChI is InChI=1S/C23H24N4O2S/c28-22(7-3-4-16-15-24-19-6-2-1-5-18(16)19)25-17-8-9-20-21(14-17)30-23(26-20)27-10-12-29-13-11-27/h1-2,5-6,8-9,14-15,24H,3-4,7,10-13H2,(H,25,28). The molecular weight excluding hydrogens is 396 g/mol. The second-order valence-electron chi connectivity index (χ2n) is 7.54. The Morgan fingerprint density at radius 2 is 2.07 bits per heavy atom. The zero-order valence-corrected chi connectivity index (χ0v) is 17.5. The van der Waals surface area contributed by atoms with Gasteiger partial charge < -0.3 is 19.9 Å². The molecule has 0 bridgehead atoms. The molecule has 0 spiro atoms. The van der Waals surface area contributed by atoms with Crippen LogP contribution in [0.3, 0.4) is 0 Å². The van der Waals surface area contributed by atoms with Crippen LogP contribution in [-0.2, 0) is 16.0 Å². The highest BCUT2D eigenvalue weighted by Crippen LogP contribution is 2.31. The van der Waals surface area contributed by atoms with Gasteiger partial charge >= 0.3 is 0 Å². The normalized spacial score (nSPS) is 14.5. The van der Waals surface area contributed by atoms with Crippen molar-refractivity contribution in [3.8, 4) is 0 Å². The third-order valence-corrected chi connectivity index (χ3v) is 6.55. The Kier molecular flexibility index (Phi) is 5.38. The fourth-order valence-corrected chi connectivity index (χ4v) is 4.94. The molecule has 1 saturated heterocycles. The van der Waals surface area contributed by atoms with Crippen LogP contribution in [0.2, 0.25) is 0 Å². The number of anilines is 2. The van der Waals surface area contributed by atoms with E-state index in [0.29, 0.717) is 6.42 Å². The van der Waals surface area contributed by atoms with Crippen LogP contribution in [0.1, 0.15) is 18.4 Å². The van der Waals surface area contributed by atoms with E-state index in [1.807, 2.05) is 36.5 Å². The number of carbonyl (C=O) groups is 1. The summed E-state index contributed by atoms with van der Waals surface area (Å²) in [4.78, 5) is 22.7. The van der Waals surface area contributed by atoms with Crippen molar-refractivity contribution in [1.82, 2.24) is 9.97 Å². The van der Waals surface area contributed by atoms with E-state index < -0.39 is 0 Å². The number of aromatic nitrogens is 2. The number of benzene rings is 2. The van der Waals surface area contributed by atoms with Crippen molar-refractivity contribution in [1.29, 1.82) is 0 Å². The summed E-state index contributed by atoms with van der Waals surface area (Å²) in [6.07, 6.45) is 4.25. The predicted molar refractivity (Wildman–Crippen MR) is 123 cm³/mol. The number of fused-ring (bicyclic) bond motifs is 2. The van der Waals surface area contributed by atoms with Crippen molar-refractivity contribution in [2.24, 2.45) is 0 Å². The van der Waals surface area contributed by atoms with E-state index in [1.54, 1.807) is 11.3 Å². The molecule has 2 aromatic heterocycles. The maximum absolute atomic E-state index is 12.4. The molecule has 2 N–H and O–H groups in total. The number of morpholine rings is 1. The number of H-pyrrole nitrogens is 1. The molecule has 7 heteroatoms. The average molecular weight is 421 g/mol. The van der Waals surface area contributed by atoms with E-state index in [4.69, 9.17) is 9.72 Å². The van der Waals surface area contributed by atoms with Gasteiger partial charge in [0.1, 0.15) is 0 Å². The third kappa shape index (κ3) is 4.04. The summed E-state index contributed by atoms with van der Waals surface area (Å²) in [7, 11) is 0. The van der Waals surface area contributed by atoms with Crippen LogP contribution in [0.5, 0.6) is 0 Å². The van der Waals surface area contributed by atoms with Gasteiger partial charge in [-0.15, -0.1) is 0 Å². The van der Waals surface area contributed by atoms with E-state index in [0.717, 1.165) is 65.7 Å². The topological polar surface area (TPSA) is 70.2 Å². The lowest BCUT2D eigenvalue weighted by molar-refractivity contribution is -0.116. The van der Waals surface area contributed by atoms with Gasteiger partial charge in [-0.25, -0.2) is 4.98 Å². The summed E-state index contributed by atoms with van der Waals surface area (Å²) in [5.74, 6) is 0.0482. The summed E-state index contributed by atoms with van der Waals surface area (Å²) in [5, 5.41) is 5.30. The average Bonchev–Trinajstić information content (AvgIpc) is 3.38. The fraction of sp³-hybridized carbons (Fsp3) is 0.304. The van der Waals surface area contributed by atoms with Gasteiger partial charge in [-0.1, -0.05) is 29.5 Å². The van der Waals surface area contributed by atoms with Crippen molar-refractivity contribution in [3.05, 3.63) is 54.2 Å². The summed E-state index contributed by atoms with van der Waals surface area (Å²) >= 11 is 1.67. The minimum atomic E-state index is 0.0482. The number of ether oxygens (including phenoxy) is 1. The Morgan fingerprint density at radius 1 is 1.20 bits per heavy atom. The molecular formula is C23H24N4O2S. The van der Waals surface area contributed by atoms with Crippen LogP contribution >= 0.6 is 11.3 Å². The summed E-state index contributed by atoms with van der Waals surface area (Å²) in [5.41, 5.74) is 4.21. The number of nitrogens with one attached hydrogen (secondary N) is 2. The van der Waals surface area contributed by atoms with Gasteiger partial charge in [-0.3, -0.25) is 4.79 Å². The van der Waals surface area contributed by atoms with Gasteiger partial charge in [-0.05, 0) is 42.7 Å². The van der Waals surface area contributed by atoms with Crippen LogP contribution in [0.4, 0.5) is 10.8 Å². The van der Waals surface area contributed by atoms with Gasteiger partial charge in [0.2, 0.25) is 5.91 Å². The number of hydrogen-bond donors (Lipinski definition) is 2. The SMILES string of the molecule is O=C(CCCc1c[nH]c2ccccc12)Nc1ccc2nc(N3CCOCC3)sc2c1. The maximum Gasteiger partial charge on any atom is 0.224 e. The molecule has 0 saturated carbocycles. The van der Waals surface area contributed by atoms with Crippen molar-refractivity contribution in [3.63, 3.8) is 0 Å². The number of carbonyl (C=O) groups excluding carboxylic acids is 1. The minimum absolute atomic E-state index is 0.0482. The molecule has 0 radical (unpaired) electrons. The summed E-state index contributed by atoms with van der Waals surface area (Å²) in [6.45, 7) is 3.24. The van der Waals surface area contributed by atoms with Crippen LogP contribution in [0, 0.1) is 0 Å². The van der Waals surface area contributed by atoms with Crippen LogP contribution < -0.4 is 10.2 Å². The molecule has 30 heavy (non-hydrogen) atoms. The van der Waals surface area contributed by atoms with Crippen LogP contribution in [0.25, 0.3) is 21.1 Å². The first-order valence-electron chi connectivity index (χ1n) is 10.3. The van der Waals surface area contributed by atoms with Gasteiger partial charge in [0.15, 0.2) is 5.13 Å². The summed E-state index contributed by atoms with van der Waals surface area (Å²) in [6, 6.07) is 14.2. The Bertz CT molecular complexity index is 1180. The molecule has 0 unspecified atom stereocenters. The Hall–Kier alpha value is -2.90. The predicted octanol–water partition coefficient (Wildman–Crippen LogP) is 4.58. The van der Waals surface area contributed by atoms with Crippen LogP contribution in [-0.4, -0.2) is 42.2 Å². The molecule has 1 aliphatic heterocycles. The van der Waals surface area contributed by atoms with E-state index in [1.165, 1.54) is 10.9 Å². The first-order chi connectivity index (χ1) is 14.8. The highest BCUT2D eigenvalue weighted by Gasteiger charge is 2.16.